The molecule has 5 heteroatoms. The van der Waals surface area contributed by atoms with E-state index < -0.39 is 0 Å². The van der Waals surface area contributed by atoms with Gasteiger partial charge in [-0.05, 0) is 50.5 Å². The van der Waals surface area contributed by atoms with Gasteiger partial charge in [0.05, 0.1) is 22.8 Å². The van der Waals surface area contributed by atoms with E-state index in [1.54, 1.807) is 0 Å². The molecule has 4 rings (SSSR count). The van der Waals surface area contributed by atoms with Gasteiger partial charge in [0.1, 0.15) is 5.82 Å². The minimum absolute atomic E-state index is 0.109. The van der Waals surface area contributed by atoms with Crippen LogP contribution < -0.4 is 0 Å². The second-order valence-electron chi connectivity index (χ2n) is 6.90. The first-order chi connectivity index (χ1) is 12.7. The molecular formula is C21H24N4O. The van der Waals surface area contributed by atoms with Crippen LogP contribution in [0.2, 0.25) is 0 Å². The molecule has 1 saturated heterocycles. The Kier molecular flexibility index (Phi) is 4.69. The van der Waals surface area contributed by atoms with Crippen LogP contribution in [0.3, 0.4) is 0 Å². The van der Waals surface area contributed by atoms with Gasteiger partial charge in [0.15, 0.2) is 0 Å². The average Bonchev–Trinajstić information content (AvgIpc) is 3.02. The van der Waals surface area contributed by atoms with Gasteiger partial charge in [0.2, 0.25) is 5.91 Å². The molecule has 0 spiro atoms. The minimum Gasteiger partial charge on any atom is -0.334 e. The Morgan fingerprint density at radius 3 is 2.85 bits per heavy atom. The fraction of sp³-hybridized carbons (Fsp3) is 0.381. The van der Waals surface area contributed by atoms with Crippen molar-refractivity contribution in [2.24, 2.45) is 0 Å². The maximum Gasteiger partial charge on any atom is 0.224 e. The number of nitrogens with zero attached hydrogens (tertiary/aromatic N) is 4. The van der Waals surface area contributed by atoms with Crippen LogP contribution in [0.4, 0.5) is 0 Å². The molecule has 3 heterocycles. The van der Waals surface area contributed by atoms with Gasteiger partial charge in [-0.3, -0.25) is 9.78 Å². The standard InChI is InChI=1S/C21H24N4O/c1-16-23-18-9-2-3-10-20(18)24(16)15-12-21(26)25-14-7-5-11-19(25)17-8-4-6-13-22-17/h2-4,6,8-10,13,19H,5,7,11-12,14-15H2,1H3/t19-/m0/s1. The largest absolute Gasteiger partial charge is 0.334 e. The minimum atomic E-state index is 0.109. The molecule has 1 atom stereocenters. The van der Waals surface area contributed by atoms with Crippen LogP contribution in [-0.4, -0.2) is 31.9 Å². The van der Waals surface area contributed by atoms with Gasteiger partial charge in [0.25, 0.3) is 0 Å². The van der Waals surface area contributed by atoms with E-state index in [1.165, 1.54) is 0 Å². The maximum absolute atomic E-state index is 13.0. The zero-order valence-electron chi connectivity index (χ0n) is 15.1. The summed E-state index contributed by atoms with van der Waals surface area (Å²) >= 11 is 0. The molecule has 5 nitrogen and oxygen atoms in total. The summed E-state index contributed by atoms with van der Waals surface area (Å²) in [5.41, 5.74) is 3.09. The van der Waals surface area contributed by atoms with Crippen LogP contribution in [0.5, 0.6) is 0 Å². The predicted molar refractivity (Wildman–Crippen MR) is 102 cm³/mol. The van der Waals surface area contributed by atoms with Crippen LogP contribution in [-0.2, 0) is 11.3 Å². The summed E-state index contributed by atoms with van der Waals surface area (Å²) in [7, 11) is 0. The maximum atomic E-state index is 13.0. The van der Waals surface area contributed by atoms with E-state index in [1.807, 2.05) is 54.4 Å². The fourth-order valence-corrected chi connectivity index (χ4v) is 3.94. The van der Waals surface area contributed by atoms with E-state index in [4.69, 9.17) is 0 Å². The topological polar surface area (TPSA) is 51.0 Å². The van der Waals surface area contributed by atoms with Crippen LogP contribution >= 0.6 is 0 Å². The van der Waals surface area contributed by atoms with E-state index in [0.29, 0.717) is 13.0 Å². The van der Waals surface area contributed by atoms with Crippen molar-refractivity contribution < 1.29 is 4.79 Å². The molecule has 1 aromatic carbocycles. The molecule has 1 amide bonds. The molecule has 26 heavy (non-hydrogen) atoms. The molecule has 0 bridgehead atoms. The number of imidazole rings is 1. The van der Waals surface area contributed by atoms with E-state index in [0.717, 1.165) is 48.4 Å². The SMILES string of the molecule is Cc1nc2ccccc2n1CCC(=O)N1CCCC[C@H]1c1ccccn1. The van der Waals surface area contributed by atoms with Crippen LogP contribution in [0.15, 0.2) is 48.7 Å². The van der Waals surface area contributed by atoms with Gasteiger partial charge in [-0.2, -0.15) is 0 Å². The number of piperidine rings is 1. The molecule has 0 saturated carbocycles. The van der Waals surface area contributed by atoms with E-state index in [2.05, 4.69) is 20.6 Å². The molecule has 0 radical (unpaired) electrons. The predicted octanol–water partition coefficient (Wildman–Crippen LogP) is 3.88. The zero-order chi connectivity index (χ0) is 17.9. The van der Waals surface area contributed by atoms with Gasteiger partial charge in [-0.1, -0.05) is 18.2 Å². The molecule has 1 fully saturated rings. The van der Waals surface area contributed by atoms with Crippen molar-refractivity contribution in [2.75, 3.05) is 6.54 Å². The van der Waals surface area contributed by atoms with Gasteiger partial charge < -0.3 is 9.47 Å². The lowest BCUT2D eigenvalue weighted by atomic mass is 9.98. The summed E-state index contributed by atoms with van der Waals surface area (Å²) in [5.74, 6) is 1.16. The number of carbonyl (C=O) groups is 1. The molecule has 1 aliphatic heterocycles. The third kappa shape index (κ3) is 3.21. The molecule has 0 N–H and O–H groups in total. The molecule has 134 valence electrons. The summed E-state index contributed by atoms with van der Waals surface area (Å²) in [6.07, 6.45) is 5.52. The number of amides is 1. The highest BCUT2D eigenvalue weighted by Crippen LogP contribution is 2.30. The number of hydrogen-bond acceptors (Lipinski definition) is 3. The smallest absolute Gasteiger partial charge is 0.224 e. The van der Waals surface area contributed by atoms with Crippen molar-refractivity contribution in [1.29, 1.82) is 0 Å². The Morgan fingerprint density at radius 2 is 2.00 bits per heavy atom. The quantitative estimate of drug-likeness (QED) is 0.719. The first-order valence-electron chi connectivity index (χ1n) is 9.36. The fourth-order valence-electron chi connectivity index (χ4n) is 3.94. The monoisotopic (exact) mass is 348 g/mol. The number of likely N-dealkylation sites (tertiary alicyclic amines) is 1. The number of rotatable bonds is 4. The van der Waals surface area contributed by atoms with Crippen molar-refractivity contribution in [2.45, 2.75) is 45.2 Å². The highest BCUT2D eigenvalue weighted by atomic mass is 16.2. The number of carbonyl (C=O) groups excluding carboxylic acids is 1. The van der Waals surface area contributed by atoms with Crippen molar-refractivity contribution in [3.05, 3.63) is 60.2 Å². The van der Waals surface area contributed by atoms with E-state index in [9.17, 15) is 4.79 Å². The lowest BCUT2D eigenvalue weighted by Crippen LogP contribution is -2.39. The van der Waals surface area contributed by atoms with Crippen LogP contribution in [0.1, 0.15) is 43.2 Å². The van der Waals surface area contributed by atoms with Crippen molar-refractivity contribution in [3.63, 3.8) is 0 Å². The summed E-state index contributed by atoms with van der Waals surface area (Å²) in [6.45, 7) is 3.49. The van der Waals surface area contributed by atoms with Crippen molar-refractivity contribution >= 4 is 16.9 Å². The van der Waals surface area contributed by atoms with Gasteiger partial charge in [0, 0.05) is 25.7 Å². The number of fused-ring (bicyclic) bond motifs is 1. The highest BCUT2D eigenvalue weighted by molar-refractivity contribution is 5.78. The number of para-hydroxylation sites is 2. The molecule has 3 aromatic rings. The lowest BCUT2D eigenvalue weighted by molar-refractivity contribution is -0.135. The Labute approximate surface area is 153 Å². The molecular weight excluding hydrogens is 324 g/mol. The third-order valence-electron chi connectivity index (χ3n) is 5.25. The number of aromatic nitrogens is 3. The Hall–Kier alpha value is -2.69. The molecule has 0 unspecified atom stereocenters. The highest BCUT2D eigenvalue weighted by Gasteiger charge is 2.28. The Morgan fingerprint density at radius 1 is 1.15 bits per heavy atom. The molecule has 1 aliphatic rings. The summed E-state index contributed by atoms with van der Waals surface area (Å²) in [4.78, 5) is 24.1. The number of aryl methyl sites for hydroxylation is 2. The number of benzene rings is 1. The second-order valence-corrected chi connectivity index (χ2v) is 6.90. The average molecular weight is 348 g/mol. The van der Waals surface area contributed by atoms with Crippen molar-refractivity contribution in [3.8, 4) is 0 Å². The molecule has 2 aromatic heterocycles. The molecule has 0 aliphatic carbocycles. The van der Waals surface area contributed by atoms with Gasteiger partial charge in [-0.15, -0.1) is 0 Å². The number of hydrogen-bond donors (Lipinski definition) is 0. The number of pyridine rings is 1. The Balaban J connectivity index is 1.50. The van der Waals surface area contributed by atoms with Gasteiger partial charge in [-0.25, -0.2) is 4.98 Å². The zero-order valence-corrected chi connectivity index (χ0v) is 15.1. The summed E-state index contributed by atoms with van der Waals surface area (Å²) in [5, 5.41) is 0. The summed E-state index contributed by atoms with van der Waals surface area (Å²) < 4.78 is 2.15. The van der Waals surface area contributed by atoms with Gasteiger partial charge >= 0.3 is 0 Å². The van der Waals surface area contributed by atoms with E-state index in [-0.39, 0.29) is 11.9 Å². The van der Waals surface area contributed by atoms with Crippen molar-refractivity contribution in [1.82, 2.24) is 19.4 Å². The van der Waals surface area contributed by atoms with Crippen LogP contribution in [0.25, 0.3) is 11.0 Å². The first-order valence-corrected chi connectivity index (χ1v) is 9.36. The summed E-state index contributed by atoms with van der Waals surface area (Å²) in [6, 6.07) is 14.2. The van der Waals surface area contributed by atoms with Crippen LogP contribution in [0, 0.1) is 6.92 Å². The lowest BCUT2D eigenvalue weighted by Gasteiger charge is -2.35. The van der Waals surface area contributed by atoms with E-state index >= 15 is 0 Å². The second kappa shape index (κ2) is 7.28. The first kappa shape index (κ1) is 16.8. The third-order valence-corrected chi connectivity index (χ3v) is 5.25. The Bertz CT molecular complexity index is 903. The normalized spacial score (nSPS) is 17.6.